The maximum Gasteiger partial charge on any atom is 0.0834 e. The van der Waals surface area contributed by atoms with Crippen molar-refractivity contribution in [3.63, 3.8) is 0 Å². The van der Waals surface area contributed by atoms with Gasteiger partial charge in [0.1, 0.15) is 0 Å². The van der Waals surface area contributed by atoms with Crippen LogP contribution in [-0.4, -0.2) is 15.5 Å². The van der Waals surface area contributed by atoms with Crippen molar-refractivity contribution >= 4 is 23.4 Å². The third-order valence-electron chi connectivity index (χ3n) is 3.14. The molecule has 0 aliphatic heterocycles. The molecule has 2 aromatic rings. The van der Waals surface area contributed by atoms with Crippen LogP contribution in [0.1, 0.15) is 37.2 Å². The summed E-state index contributed by atoms with van der Waals surface area (Å²) in [7, 11) is 0. The zero-order valence-corrected chi connectivity index (χ0v) is 13.6. The standard InChI is InChI=1S/C15H20ClN3S/c1-10(2)19-15(12(16)8-18-19)13(17)9-20-14-7-5-4-6-11(14)3/h4-8,10,13H,9,17H2,1-3H3. The Hall–Kier alpha value is -0.970. The fourth-order valence-corrected chi connectivity index (χ4v) is 3.34. The molecule has 1 aromatic carbocycles. The summed E-state index contributed by atoms with van der Waals surface area (Å²) in [5.74, 6) is 0.781. The normalized spacial score (nSPS) is 12.9. The number of halogens is 1. The summed E-state index contributed by atoms with van der Waals surface area (Å²) in [4.78, 5) is 1.26. The quantitative estimate of drug-likeness (QED) is 0.841. The molecular formula is C15H20ClN3S. The highest BCUT2D eigenvalue weighted by molar-refractivity contribution is 7.99. The van der Waals surface area contributed by atoms with E-state index in [1.165, 1.54) is 10.5 Å². The van der Waals surface area contributed by atoms with Crippen LogP contribution in [0.15, 0.2) is 35.4 Å². The van der Waals surface area contributed by atoms with E-state index >= 15 is 0 Å². The molecule has 0 fully saturated rings. The molecule has 108 valence electrons. The van der Waals surface area contributed by atoms with E-state index in [2.05, 4.69) is 38.0 Å². The van der Waals surface area contributed by atoms with Crippen molar-refractivity contribution in [2.24, 2.45) is 5.73 Å². The number of thioether (sulfide) groups is 1. The van der Waals surface area contributed by atoms with Crippen molar-refractivity contribution < 1.29 is 0 Å². The van der Waals surface area contributed by atoms with Gasteiger partial charge in [0.25, 0.3) is 0 Å². The number of hydrogen-bond donors (Lipinski definition) is 1. The summed E-state index contributed by atoms with van der Waals surface area (Å²) in [6.07, 6.45) is 1.68. The maximum absolute atomic E-state index is 6.31. The highest BCUT2D eigenvalue weighted by Crippen LogP contribution is 2.30. The van der Waals surface area contributed by atoms with Crippen LogP contribution in [0.3, 0.4) is 0 Å². The molecule has 0 radical (unpaired) electrons. The second-order valence-corrected chi connectivity index (χ2v) is 6.57. The third kappa shape index (κ3) is 3.37. The van der Waals surface area contributed by atoms with Crippen LogP contribution in [0.2, 0.25) is 5.02 Å². The first-order valence-corrected chi connectivity index (χ1v) is 8.04. The van der Waals surface area contributed by atoms with Gasteiger partial charge in [-0.25, -0.2) is 0 Å². The highest BCUT2D eigenvalue weighted by atomic mass is 35.5. The van der Waals surface area contributed by atoms with Crippen LogP contribution in [0.4, 0.5) is 0 Å². The van der Waals surface area contributed by atoms with E-state index in [0.29, 0.717) is 5.02 Å². The second-order valence-electron chi connectivity index (χ2n) is 5.10. The molecular weight excluding hydrogens is 290 g/mol. The monoisotopic (exact) mass is 309 g/mol. The summed E-state index contributed by atoms with van der Waals surface area (Å²) in [5, 5.41) is 4.95. The number of aryl methyl sites for hydroxylation is 1. The van der Waals surface area contributed by atoms with Gasteiger partial charge < -0.3 is 5.73 Å². The van der Waals surface area contributed by atoms with Crippen LogP contribution < -0.4 is 5.73 Å². The molecule has 2 N–H and O–H groups in total. The number of aromatic nitrogens is 2. The number of nitrogens with two attached hydrogens (primary N) is 1. The second kappa shape index (κ2) is 6.66. The molecule has 0 amide bonds. The van der Waals surface area contributed by atoms with Crippen molar-refractivity contribution in [3.05, 3.63) is 46.7 Å². The Morgan fingerprint density at radius 3 is 2.70 bits per heavy atom. The minimum Gasteiger partial charge on any atom is -0.322 e. The molecule has 0 saturated carbocycles. The first-order valence-electron chi connectivity index (χ1n) is 6.67. The highest BCUT2D eigenvalue weighted by Gasteiger charge is 2.18. The van der Waals surface area contributed by atoms with E-state index in [9.17, 15) is 0 Å². The fourth-order valence-electron chi connectivity index (χ4n) is 2.09. The van der Waals surface area contributed by atoms with E-state index in [-0.39, 0.29) is 12.1 Å². The van der Waals surface area contributed by atoms with Gasteiger partial charge in [-0.05, 0) is 32.4 Å². The van der Waals surface area contributed by atoms with Crippen molar-refractivity contribution in [2.45, 2.75) is 37.8 Å². The molecule has 20 heavy (non-hydrogen) atoms. The van der Waals surface area contributed by atoms with Gasteiger partial charge in [-0.1, -0.05) is 29.8 Å². The van der Waals surface area contributed by atoms with Gasteiger partial charge in [0.2, 0.25) is 0 Å². The van der Waals surface area contributed by atoms with Gasteiger partial charge >= 0.3 is 0 Å². The van der Waals surface area contributed by atoms with E-state index in [0.717, 1.165) is 11.4 Å². The predicted octanol–water partition coefficient (Wildman–Crippen LogP) is 4.22. The topological polar surface area (TPSA) is 43.8 Å². The zero-order chi connectivity index (χ0) is 14.7. The molecule has 5 heteroatoms. The van der Waals surface area contributed by atoms with Crippen molar-refractivity contribution in [2.75, 3.05) is 5.75 Å². The number of nitrogens with zero attached hydrogens (tertiary/aromatic N) is 2. The molecule has 0 spiro atoms. The van der Waals surface area contributed by atoms with Crippen LogP contribution in [0.5, 0.6) is 0 Å². The lowest BCUT2D eigenvalue weighted by Gasteiger charge is -2.17. The van der Waals surface area contributed by atoms with Gasteiger partial charge in [-0.3, -0.25) is 4.68 Å². The molecule has 0 aliphatic carbocycles. The Labute approximate surface area is 129 Å². The lowest BCUT2D eigenvalue weighted by molar-refractivity contribution is 0.495. The Morgan fingerprint density at radius 1 is 1.35 bits per heavy atom. The zero-order valence-electron chi connectivity index (χ0n) is 12.0. The molecule has 1 atom stereocenters. The molecule has 0 aliphatic rings. The summed E-state index contributed by atoms with van der Waals surface area (Å²) in [5.41, 5.74) is 8.50. The Balaban J connectivity index is 2.11. The van der Waals surface area contributed by atoms with Crippen LogP contribution >= 0.6 is 23.4 Å². The molecule has 0 saturated heterocycles. The predicted molar refractivity (Wildman–Crippen MR) is 86.5 cm³/mol. The minimum absolute atomic E-state index is 0.128. The number of benzene rings is 1. The maximum atomic E-state index is 6.31. The molecule has 3 nitrogen and oxygen atoms in total. The first kappa shape index (κ1) is 15.4. The number of rotatable bonds is 5. The first-order chi connectivity index (χ1) is 9.50. The molecule has 0 bridgehead atoms. The summed E-state index contributed by atoms with van der Waals surface area (Å²) >= 11 is 7.98. The SMILES string of the molecule is Cc1ccccc1SCC(N)c1c(Cl)cnn1C(C)C. The summed E-state index contributed by atoms with van der Waals surface area (Å²) < 4.78 is 1.91. The molecule has 1 heterocycles. The lowest BCUT2D eigenvalue weighted by atomic mass is 10.2. The third-order valence-corrected chi connectivity index (χ3v) is 4.73. The average molecular weight is 310 g/mol. The van der Waals surface area contributed by atoms with Crippen LogP contribution in [-0.2, 0) is 0 Å². The average Bonchev–Trinajstić information content (AvgIpc) is 2.79. The van der Waals surface area contributed by atoms with Crippen molar-refractivity contribution in [1.82, 2.24) is 9.78 Å². The fraction of sp³-hybridized carbons (Fsp3) is 0.400. The van der Waals surface area contributed by atoms with Gasteiger partial charge in [-0.2, -0.15) is 5.10 Å². The van der Waals surface area contributed by atoms with Crippen LogP contribution in [0, 0.1) is 6.92 Å². The molecule has 1 unspecified atom stereocenters. The lowest BCUT2D eigenvalue weighted by Crippen LogP contribution is -2.20. The molecule has 2 rings (SSSR count). The minimum atomic E-state index is -0.128. The van der Waals surface area contributed by atoms with E-state index in [1.54, 1.807) is 18.0 Å². The van der Waals surface area contributed by atoms with Crippen LogP contribution in [0.25, 0.3) is 0 Å². The van der Waals surface area contributed by atoms with Crippen molar-refractivity contribution in [1.29, 1.82) is 0 Å². The van der Waals surface area contributed by atoms with Gasteiger partial charge in [0.15, 0.2) is 0 Å². The van der Waals surface area contributed by atoms with E-state index in [1.807, 2.05) is 16.8 Å². The molecule has 1 aromatic heterocycles. The summed E-state index contributed by atoms with van der Waals surface area (Å²) in [6, 6.07) is 8.45. The van der Waals surface area contributed by atoms with Crippen molar-refractivity contribution in [3.8, 4) is 0 Å². The Kier molecular flexibility index (Phi) is 5.13. The van der Waals surface area contributed by atoms with E-state index < -0.39 is 0 Å². The Bertz CT molecular complexity index is 580. The Morgan fingerprint density at radius 2 is 2.05 bits per heavy atom. The van der Waals surface area contributed by atoms with Gasteiger partial charge in [0, 0.05) is 16.7 Å². The number of hydrogen-bond acceptors (Lipinski definition) is 3. The largest absolute Gasteiger partial charge is 0.322 e. The summed E-state index contributed by atoms with van der Waals surface area (Å²) in [6.45, 7) is 6.27. The van der Waals surface area contributed by atoms with E-state index in [4.69, 9.17) is 17.3 Å². The van der Waals surface area contributed by atoms with Gasteiger partial charge in [0.05, 0.1) is 23.0 Å². The van der Waals surface area contributed by atoms with Gasteiger partial charge in [-0.15, -0.1) is 11.8 Å². The smallest absolute Gasteiger partial charge is 0.0834 e.